The average molecular weight is 246 g/mol. The Hall–Kier alpha value is -1.32. The zero-order valence-electron chi connectivity index (χ0n) is 11.3. The average Bonchev–Trinajstić information content (AvgIpc) is 2.98. The van der Waals surface area contributed by atoms with Crippen LogP contribution in [-0.2, 0) is 6.42 Å². The van der Waals surface area contributed by atoms with Crippen LogP contribution in [0.15, 0.2) is 6.33 Å². The summed E-state index contributed by atoms with van der Waals surface area (Å²) in [5.41, 5.74) is 1.26. The maximum Gasteiger partial charge on any atom is 0.137 e. The van der Waals surface area contributed by atoms with Crippen molar-refractivity contribution < 1.29 is 0 Å². The zero-order chi connectivity index (χ0) is 12.5. The van der Waals surface area contributed by atoms with Crippen molar-refractivity contribution in [2.45, 2.75) is 32.6 Å². The van der Waals surface area contributed by atoms with Crippen LogP contribution >= 0.6 is 0 Å². The van der Waals surface area contributed by atoms with E-state index in [0.717, 1.165) is 29.9 Å². The second-order valence-corrected chi connectivity index (χ2v) is 5.48. The Kier molecular flexibility index (Phi) is 3.10. The molecule has 2 fully saturated rings. The molecular weight excluding hydrogens is 224 g/mol. The normalized spacial score (nSPS) is 26.4. The van der Waals surface area contributed by atoms with Crippen LogP contribution in [0.3, 0.4) is 0 Å². The van der Waals surface area contributed by atoms with Gasteiger partial charge in [0.15, 0.2) is 0 Å². The van der Waals surface area contributed by atoms with Crippen molar-refractivity contribution in [3.63, 3.8) is 0 Å². The molecule has 98 valence electrons. The Morgan fingerprint density at radius 2 is 2.00 bits per heavy atom. The number of rotatable bonds is 3. The van der Waals surface area contributed by atoms with Crippen LogP contribution in [0.5, 0.6) is 0 Å². The first-order chi connectivity index (χ1) is 8.83. The quantitative estimate of drug-likeness (QED) is 0.888. The number of hydrogen-bond donors (Lipinski definition) is 1. The second kappa shape index (κ2) is 4.75. The smallest absolute Gasteiger partial charge is 0.137 e. The van der Waals surface area contributed by atoms with Gasteiger partial charge < -0.3 is 10.2 Å². The summed E-state index contributed by atoms with van der Waals surface area (Å²) in [6.07, 6.45) is 6.92. The first-order valence-electron chi connectivity index (χ1n) is 7.10. The molecule has 0 radical (unpaired) electrons. The van der Waals surface area contributed by atoms with Gasteiger partial charge in [0.05, 0.1) is 0 Å². The van der Waals surface area contributed by atoms with E-state index in [9.17, 15) is 0 Å². The van der Waals surface area contributed by atoms with E-state index in [1.54, 1.807) is 6.33 Å². The summed E-state index contributed by atoms with van der Waals surface area (Å²) in [4.78, 5) is 11.3. The summed E-state index contributed by atoms with van der Waals surface area (Å²) in [5.74, 6) is 3.95. The summed E-state index contributed by atoms with van der Waals surface area (Å²) < 4.78 is 0. The molecule has 0 aromatic carbocycles. The zero-order valence-corrected chi connectivity index (χ0v) is 11.3. The number of hydrogen-bond acceptors (Lipinski definition) is 4. The van der Waals surface area contributed by atoms with Crippen molar-refractivity contribution in [2.24, 2.45) is 11.8 Å². The Bertz CT molecular complexity index is 420. The second-order valence-electron chi connectivity index (χ2n) is 5.48. The topological polar surface area (TPSA) is 41.1 Å². The van der Waals surface area contributed by atoms with Crippen molar-refractivity contribution in [3.05, 3.63) is 11.9 Å². The lowest BCUT2D eigenvalue weighted by Gasteiger charge is -2.22. The SMILES string of the molecule is CCc1c(NC)ncnc1N1CC2CCCC2C1. The Labute approximate surface area is 109 Å². The van der Waals surface area contributed by atoms with E-state index in [0.29, 0.717) is 0 Å². The highest BCUT2D eigenvalue weighted by atomic mass is 15.2. The minimum atomic E-state index is 0.905. The summed E-state index contributed by atoms with van der Waals surface area (Å²) in [6, 6.07) is 0. The van der Waals surface area contributed by atoms with Gasteiger partial charge in [-0.3, -0.25) is 0 Å². The number of nitrogens with one attached hydrogen (secondary N) is 1. The summed E-state index contributed by atoms with van der Waals surface area (Å²) >= 11 is 0. The van der Waals surface area contributed by atoms with Crippen molar-refractivity contribution in [2.75, 3.05) is 30.4 Å². The molecule has 0 spiro atoms. The number of nitrogens with zero attached hydrogens (tertiary/aromatic N) is 3. The lowest BCUT2D eigenvalue weighted by molar-refractivity contribution is 0.494. The highest BCUT2D eigenvalue weighted by Gasteiger charge is 2.37. The monoisotopic (exact) mass is 246 g/mol. The van der Waals surface area contributed by atoms with Crippen LogP contribution in [0.4, 0.5) is 11.6 Å². The van der Waals surface area contributed by atoms with E-state index in [4.69, 9.17) is 0 Å². The molecule has 4 heteroatoms. The fourth-order valence-electron chi connectivity index (χ4n) is 3.62. The fourth-order valence-corrected chi connectivity index (χ4v) is 3.62. The molecule has 0 bridgehead atoms. The summed E-state index contributed by atoms with van der Waals surface area (Å²) in [6.45, 7) is 4.57. The van der Waals surface area contributed by atoms with E-state index in [2.05, 4.69) is 27.1 Å². The predicted octanol–water partition coefficient (Wildman–Crippen LogP) is 2.32. The molecule has 2 aliphatic rings. The summed E-state index contributed by atoms with van der Waals surface area (Å²) in [5, 5.41) is 3.18. The highest BCUT2D eigenvalue weighted by molar-refractivity contribution is 5.59. The molecule has 1 saturated heterocycles. The van der Waals surface area contributed by atoms with Crippen LogP contribution in [0.25, 0.3) is 0 Å². The molecule has 1 aromatic rings. The lowest BCUT2D eigenvalue weighted by Crippen LogP contribution is -2.24. The Morgan fingerprint density at radius 1 is 1.28 bits per heavy atom. The molecule has 3 rings (SSSR count). The van der Waals surface area contributed by atoms with Gasteiger partial charge in [0.25, 0.3) is 0 Å². The van der Waals surface area contributed by atoms with Crippen LogP contribution in [0.1, 0.15) is 31.7 Å². The van der Waals surface area contributed by atoms with E-state index in [-0.39, 0.29) is 0 Å². The van der Waals surface area contributed by atoms with Gasteiger partial charge in [0, 0.05) is 25.7 Å². The molecule has 1 saturated carbocycles. The molecule has 0 amide bonds. The molecule has 18 heavy (non-hydrogen) atoms. The maximum absolute atomic E-state index is 4.54. The minimum absolute atomic E-state index is 0.905. The molecular formula is C14H22N4. The molecule has 1 aromatic heterocycles. The molecule has 1 aliphatic carbocycles. The maximum atomic E-state index is 4.54. The molecule has 2 unspecified atom stereocenters. The molecule has 4 nitrogen and oxygen atoms in total. The Morgan fingerprint density at radius 3 is 2.61 bits per heavy atom. The van der Waals surface area contributed by atoms with Crippen molar-refractivity contribution in [1.29, 1.82) is 0 Å². The molecule has 2 heterocycles. The van der Waals surface area contributed by atoms with Crippen molar-refractivity contribution in [3.8, 4) is 0 Å². The number of fused-ring (bicyclic) bond motifs is 1. The van der Waals surface area contributed by atoms with Gasteiger partial charge in [-0.2, -0.15) is 0 Å². The van der Waals surface area contributed by atoms with Gasteiger partial charge in [-0.1, -0.05) is 13.3 Å². The van der Waals surface area contributed by atoms with Crippen molar-refractivity contribution in [1.82, 2.24) is 9.97 Å². The van der Waals surface area contributed by atoms with Gasteiger partial charge in [-0.15, -0.1) is 0 Å². The van der Waals surface area contributed by atoms with Gasteiger partial charge >= 0.3 is 0 Å². The van der Waals surface area contributed by atoms with Crippen LogP contribution in [0.2, 0.25) is 0 Å². The van der Waals surface area contributed by atoms with Crippen LogP contribution in [0, 0.1) is 11.8 Å². The van der Waals surface area contributed by atoms with Crippen LogP contribution < -0.4 is 10.2 Å². The Balaban J connectivity index is 1.88. The van der Waals surface area contributed by atoms with Crippen molar-refractivity contribution >= 4 is 11.6 Å². The van der Waals surface area contributed by atoms with E-state index < -0.39 is 0 Å². The van der Waals surface area contributed by atoms with E-state index in [1.165, 1.54) is 37.9 Å². The third-order valence-corrected chi connectivity index (χ3v) is 4.54. The van der Waals surface area contributed by atoms with E-state index >= 15 is 0 Å². The fraction of sp³-hybridized carbons (Fsp3) is 0.714. The summed E-state index contributed by atoms with van der Waals surface area (Å²) in [7, 11) is 1.93. The van der Waals surface area contributed by atoms with Gasteiger partial charge in [0.1, 0.15) is 18.0 Å². The third-order valence-electron chi connectivity index (χ3n) is 4.54. The van der Waals surface area contributed by atoms with Gasteiger partial charge in [-0.05, 0) is 31.1 Å². The standard InChI is InChI=1S/C14H22N4/c1-3-12-13(15-2)16-9-17-14(12)18-7-10-5-4-6-11(10)8-18/h9-11H,3-8H2,1-2H3,(H,15,16,17). The number of anilines is 2. The molecule has 2 atom stereocenters. The molecule has 1 aliphatic heterocycles. The van der Waals surface area contributed by atoms with Gasteiger partial charge in [0.2, 0.25) is 0 Å². The predicted molar refractivity (Wildman–Crippen MR) is 74.0 cm³/mol. The van der Waals surface area contributed by atoms with Gasteiger partial charge in [-0.25, -0.2) is 9.97 Å². The minimum Gasteiger partial charge on any atom is -0.373 e. The van der Waals surface area contributed by atoms with E-state index in [1.807, 2.05) is 7.05 Å². The highest BCUT2D eigenvalue weighted by Crippen LogP contribution is 2.40. The largest absolute Gasteiger partial charge is 0.373 e. The van der Waals surface area contributed by atoms with Crippen LogP contribution in [-0.4, -0.2) is 30.1 Å². The third kappa shape index (κ3) is 1.84. The first kappa shape index (κ1) is 11.8. The molecule has 1 N–H and O–H groups in total. The number of aromatic nitrogens is 2. The lowest BCUT2D eigenvalue weighted by atomic mass is 10.0. The first-order valence-corrected chi connectivity index (χ1v) is 7.10.